The number of nitrogens with one attached hydrogen (secondary N) is 1. The molecule has 0 radical (unpaired) electrons. The quantitative estimate of drug-likeness (QED) is 0.592. The van der Waals surface area contributed by atoms with Crippen molar-refractivity contribution in [3.63, 3.8) is 0 Å². The zero-order valence-corrected chi connectivity index (χ0v) is 10.6. The molecule has 0 aliphatic rings. The highest BCUT2D eigenvalue weighted by Gasteiger charge is 2.19. The SMILES string of the molecule is Cc1cc(NC(=O)c2cccc(B(O)OC=O)c2)no1. The van der Waals surface area contributed by atoms with Gasteiger partial charge in [-0.05, 0) is 24.5 Å². The van der Waals surface area contributed by atoms with E-state index in [9.17, 15) is 14.6 Å². The largest absolute Gasteiger partial charge is 0.561 e. The van der Waals surface area contributed by atoms with E-state index >= 15 is 0 Å². The van der Waals surface area contributed by atoms with Gasteiger partial charge >= 0.3 is 7.12 Å². The van der Waals surface area contributed by atoms with Gasteiger partial charge in [0, 0.05) is 11.6 Å². The minimum atomic E-state index is -1.41. The van der Waals surface area contributed by atoms with Crippen molar-refractivity contribution in [2.45, 2.75) is 6.92 Å². The number of aryl methyl sites for hydroxylation is 1. The summed E-state index contributed by atoms with van der Waals surface area (Å²) < 4.78 is 9.23. The summed E-state index contributed by atoms with van der Waals surface area (Å²) in [4.78, 5) is 22.1. The summed E-state index contributed by atoms with van der Waals surface area (Å²) in [5, 5.41) is 15.7. The first kappa shape index (κ1) is 13.8. The molecule has 1 aromatic carbocycles. The van der Waals surface area contributed by atoms with Crippen LogP contribution < -0.4 is 10.8 Å². The van der Waals surface area contributed by atoms with E-state index in [-0.39, 0.29) is 12.0 Å². The summed E-state index contributed by atoms with van der Waals surface area (Å²) in [5.74, 6) is 0.449. The van der Waals surface area contributed by atoms with Crippen LogP contribution >= 0.6 is 0 Å². The molecular formula is C12H11BN2O5. The van der Waals surface area contributed by atoms with Crippen LogP contribution in [0.25, 0.3) is 0 Å². The standard InChI is InChI=1S/C12H11BN2O5/c1-8-5-11(15-20-8)14-12(17)9-3-2-4-10(6-9)13(18)19-7-16/h2-7,18H,1H3,(H,14,15,17). The molecule has 2 aromatic rings. The smallest absolute Gasteiger partial charge is 0.508 e. The first-order chi connectivity index (χ1) is 9.60. The zero-order valence-electron chi connectivity index (χ0n) is 10.6. The molecule has 0 unspecified atom stereocenters. The van der Waals surface area contributed by atoms with Crippen LogP contribution in [0.1, 0.15) is 16.1 Å². The molecule has 0 aliphatic heterocycles. The lowest BCUT2D eigenvalue weighted by atomic mass is 9.79. The fraction of sp³-hybridized carbons (Fsp3) is 0.0833. The highest BCUT2D eigenvalue weighted by Crippen LogP contribution is 2.09. The number of hydrogen-bond donors (Lipinski definition) is 2. The molecule has 1 heterocycles. The Morgan fingerprint density at radius 2 is 2.30 bits per heavy atom. The van der Waals surface area contributed by atoms with Gasteiger partial charge in [0.05, 0.1) is 0 Å². The molecule has 20 heavy (non-hydrogen) atoms. The van der Waals surface area contributed by atoms with Crippen molar-refractivity contribution in [3.05, 3.63) is 41.7 Å². The maximum absolute atomic E-state index is 12.0. The number of carbonyl (C=O) groups is 2. The third kappa shape index (κ3) is 3.24. The maximum Gasteiger partial charge on any atom is 0.561 e. The van der Waals surface area contributed by atoms with Crippen LogP contribution in [-0.4, -0.2) is 29.7 Å². The molecule has 7 nitrogen and oxygen atoms in total. The lowest BCUT2D eigenvalue weighted by Crippen LogP contribution is -2.34. The number of hydrogen-bond acceptors (Lipinski definition) is 6. The summed E-state index contributed by atoms with van der Waals surface area (Å²) in [6.45, 7) is 1.84. The van der Waals surface area contributed by atoms with Gasteiger partial charge in [-0.1, -0.05) is 17.3 Å². The monoisotopic (exact) mass is 274 g/mol. The Kier molecular flexibility index (Phi) is 4.16. The van der Waals surface area contributed by atoms with Crippen LogP contribution in [0.15, 0.2) is 34.9 Å². The summed E-state index contributed by atoms with van der Waals surface area (Å²) >= 11 is 0. The maximum atomic E-state index is 12.0. The Bertz CT molecular complexity index is 628. The molecule has 102 valence electrons. The second kappa shape index (κ2) is 6.03. The van der Waals surface area contributed by atoms with E-state index in [0.29, 0.717) is 17.0 Å². The lowest BCUT2D eigenvalue weighted by molar-refractivity contribution is -0.121. The Labute approximate surface area is 114 Å². The molecule has 0 atom stereocenters. The second-order valence-corrected chi connectivity index (χ2v) is 3.99. The molecule has 0 bridgehead atoms. The summed E-state index contributed by atoms with van der Waals surface area (Å²) in [5.41, 5.74) is 0.581. The summed E-state index contributed by atoms with van der Waals surface area (Å²) in [7, 11) is -1.41. The highest BCUT2D eigenvalue weighted by molar-refractivity contribution is 6.61. The average molecular weight is 274 g/mol. The minimum absolute atomic E-state index is 0.135. The molecule has 8 heteroatoms. The zero-order chi connectivity index (χ0) is 14.5. The molecule has 0 saturated heterocycles. The summed E-state index contributed by atoms with van der Waals surface area (Å²) in [6.07, 6.45) is 0. The van der Waals surface area contributed by atoms with Gasteiger partial charge in [-0.3, -0.25) is 9.59 Å². The molecule has 0 saturated carbocycles. The first-order valence-electron chi connectivity index (χ1n) is 5.72. The van der Waals surface area contributed by atoms with Gasteiger partial charge in [-0.15, -0.1) is 0 Å². The van der Waals surface area contributed by atoms with Gasteiger partial charge in [-0.25, -0.2) is 0 Å². The van der Waals surface area contributed by atoms with Crippen LogP contribution in [0, 0.1) is 6.92 Å². The van der Waals surface area contributed by atoms with Crippen molar-refractivity contribution < 1.29 is 23.8 Å². The Morgan fingerprint density at radius 1 is 1.50 bits per heavy atom. The van der Waals surface area contributed by atoms with Gasteiger partial charge < -0.3 is 19.5 Å². The third-order valence-corrected chi connectivity index (χ3v) is 2.49. The van der Waals surface area contributed by atoms with E-state index in [1.54, 1.807) is 25.1 Å². The summed E-state index contributed by atoms with van der Waals surface area (Å²) in [6, 6.07) is 7.64. The van der Waals surface area contributed by atoms with E-state index in [1.165, 1.54) is 12.1 Å². The van der Waals surface area contributed by atoms with Crippen LogP contribution in [0.4, 0.5) is 5.82 Å². The van der Waals surface area contributed by atoms with Crippen LogP contribution in [0.3, 0.4) is 0 Å². The van der Waals surface area contributed by atoms with Crippen LogP contribution in [-0.2, 0) is 9.45 Å². The van der Waals surface area contributed by atoms with Gasteiger partial charge in [0.2, 0.25) is 0 Å². The van der Waals surface area contributed by atoms with Crippen molar-refractivity contribution in [3.8, 4) is 0 Å². The topological polar surface area (TPSA) is 102 Å². The Morgan fingerprint density at radius 3 is 2.95 bits per heavy atom. The van der Waals surface area contributed by atoms with Gasteiger partial charge in [0.25, 0.3) is 12.4 Å². The number of benzene rings is 1. The number of aromatic nitrogens is 1. The van der Waals surface area contributed by atoms with Crippen molar-refractivity contribution in [2.24, 2.45) is 0 Å². The first-order valence-corrected chi connectivity index (χ1v) is 5.72. The molecule has 0 spiro atoms. The number of amides is 1. The van der Waals surface area contributed by atoms with Gasteiger partial charge in [0.1, 0.15) is 5.76 Å². The van der Waals surface area contributed by atoms with E-state index in [1.807, 2.05) is 0 Å². The van der Waals surface area contributed by atoms with Gasteiger partial charge in [0.15, 0.2) is 5.82 Å². The normalized spacial score (nSPS) is 9.90. The molecule has 0 aliphatic carbocycles. The van der Waals surface area contributed by atoms with E-state index in [0.717, 1.165) is 0 Å². The van der Waals surface area contributed by atoms with Gasteiger partial charge in [-0.2, -0.15) is 0 Å². The van der Waals surface area contributed by atoms with E-state index in [2.05, 4.69) is 15.1 Å². The molecule has 2 N–H and O–H groups in total. The van der Waals surface area contributed by atoms with Crippen LogP contribution in [0.5, 0.6) is 0 Å². The fourth-order valence-corrected chi connectivity index (χ4v) is 1.58. The number of nitrogens with zero attached hydrogens (tertiary/aromatic N) is 1. The highest BCUT2D eigenvalue weighted by atomic mass is 16.5. The fourth-order valence-electron chi connectivity index (χ4n) is 1.58. The minimum Gasteiger partial charge on any atom is -0.508 e. The molecule has 1 amide bonds. The predicted octanol–water partition coefficient (Wildman–Crippen LogP) is 0.0958. The molecule has 1 aromatic heterocycles. The average Bonchev–Trinajstić information content (AvgIpc) is 2.84. The third-order valence-electron chi connectivity index (χ3n) is 2.49. The molecular weight excluding hydrogens is 263 g/mol. The predicted molar refractivity (Wildman–Crippen MR) is 70.4 cm³/mol. The number of carbonyl (C=O) groups excluding carboxylic acids is 2. The van der Waals surface area contributed by atoms with Crippen molar-refractivity contribution in [2.75, 3.05) is 5.32 Å². The second-order valence-electron chi connectivity index (χ2n) is 3.99. The number of anilines is 1. The lowest BCUT2D eigenvalue weighted by Gasteiger charge is -2.06. The molecule has 2 rings (SSSR count). The van der Waals surface area contributed by atoms with E-state index in [4.69, 9.17) is 4.52 Å². The Balaban J connectivity index is 2.13. The van der Waals surface area contributed by atoms with Crippen LogP contribution in [0.2, 0.25) is 0 Å². The van der Waals surface area contributed by atoms with E-state index < -0.39 is 13.0 Å². The number of rotatable bonds is 5. The Hall–Kier alpha value is -2.61. The van der Waals surface area contributed by atoms with Crippen molar-refractivity contribution >= 4 is 30.8 Å². The molecule has 0 fully saturated rings. The van der Waals surface area contributed by atoms with Crippen molar-refractivity contribution in [1.29, 1.82) is 0 Å². The van der Waals surface area contributed by atoms with Crippen molar-refractivity contribution in [1.82, 2.24) is 5.16 Å².